The van der Waals surface area contributed by atoms with E-state index < -0.39 is 5.92 Å². The van der Waals surface area contributed by atoms with E-state index in [1.807, 2.05) is 24.3 Å². The number of esters is 2. The second-order valence-corrected chi connectivity index (χ2v) is 5.51. The lowest BCUT2D eigenvalue weighted by Crippen LogP contribution is -2.24. The third kappa shape index (κ3) is 7.49. The third-order valence-corrected chi connectivity index (χ3v) is 3.51. The summed E-state index contributed by atoms with van der Waals surface area (Å²) in [7, 11) is 0. The molecular formula is C19H28O5. The maximum atomic E-state index is 12.1. The first-order chi connectivity index (χ1) is 11.6. The molecule has 0 saturated carbocycles. The average Bonchev–Trinajstić information content (AvgIpc) is 2.56. The minimum absolute atomic E-state index is 0.0292. The molecule has 1 rings (SSSR count). The van der Waals surface area contributed by atoms with E-state index in [0.717, 1.165) is 24.2 Å². The minimum Gasteiger partial charge on any atom is -0.494 e. The molecule has 0 aliphatic carbocycles. The third-order valence-electron chi connectivity index (χ3n) is 3.51. The van der Waals surface area contributed by atoms with Gasteiger partial charge in [-0.3, -0.25) is 9.59 Å². The number of carbonyl (C=O) groups is 2. The molecule has 5 heteroatoms. The Bertz CT molecular complexity index is 495. The molecule has 0 amide bonds. The monoisotopic (exact) mass is 336 g/mol. The van der Waals surface area contributed by atoms with Crippen molar-refractivity contribution >= 4 is 11.9 Å². The molecule has 0 saturated heterocycles. The smallest absolute Gasteiger partial charge is 0.309 e. The van der Waals surface area contributed by atoms with Gasteiger partial charge in [-0.15, -0.1) is 0 Å². The van der Waals surface area contributed by atoms with Crippen LogP contribution < -0.4 is 4.74 Å². The van der Waals surface area contributed by atoms with E-state index in [1.165, 1.54) is 0 Å². The number of rotatable bonds is 11. The van der Waals surface area contributed by atoms with Gasteiger partial charge in [-0.1, -0.05) is 25.5 Å². The largest absolute Gasteiger partial charge is 0.494 e. The van der Waals surface area contributed by atoms with Crippen LogP contribution in [-0.2, 0) is 25.5 Å². The van der Waals surface area contributed by atoms with E-state index >= 15 is 0 Å². The topological polar surface area (TPSA) is 61.8 Å². The van der Waals surface area contributed by atoms with Crippen molar-refractivity contribution < 1.29 is 23.8 Å². The van der Waals surface area contributed by atoms with E-state index in [0.29, 0.717) is 26.2 Å². The fourth-order valence-corrected chi connectivity index (χ4v) is 2.26. The summed E-state index contributed by atoms with van der Waals surface area (Å²) in [6.07, 6.45) is 2.58. The second kappa shape index (κ2) is 11.5. The Morgan fingerprint density at radius 1 is 1.00 bits per heavy atom. The van der Waals surface area contributed by atoms with Gasteiger partial charge in [0, 0.05) is 0 Å². The van der Waals surface area contributed by atoms with Gasteiger partial charge in [0.1, 0.15) is 5.75 Å². The highest BCUT2D eigenvalue weighted by Gasteiger charge is 2.24. The summed E-state index contributed by atoms with van der Waals surface area (Å²) in [5.74, 6) is -0.468. The van der Waals surface area contributed by atoms with Gasteiger partial charge in [-0.2, -0.15) is 0 Å². The molecule has 1 atom stereocenters. The predicted octanol–water partition coefficient (Wildman–Crippen LogP) is 3.54. The second-order valence-electron chi connectivity index (χ2n) is 5.51. The number of benzene rings is 1. The van der Waals surface area contributed by atoms with Crippen molar-refractivity contribution in [1.82, 2.24) is 0 Å². The summed E-state index contributed by atoms with van der Waals surface area (Å²) in [5, 5.41) is 0. The van der Waals surface area contributed by atoms with Crippen LogP contribution in [0.25, 0.3) is 0 Å². The lowest BCUT2D eigenvalue weighted by molar-refractivity contribution is -0.154. The summed E-state index contributed by atoms with van der Waals surface area (Å²) in [6.45, 7) is 6.91. The highest BCUT2D eigenvalue weighted by Crippen LogP contribution is 2.19. The van der Waals surface area contributed by atoms with Crippen LogP contribution in [-0.4, -0.2) is 31.8 Å². The Balaban J connectivity index is 2.67. The van der Waals surface area contributed by atoms with Gasteiger partial charge in [0.25, 0.3) is 0 Å². The van der Waals surface area contributed by atoms with E-state index in [4.69, 9.17) is 14.2 Å². The van der Waals surface area contributed by atoms with Crippen LogP contribution in [0.2, 0.25) is 0 Å². The van der Waals surface area contributed by atoms with Crippen molar-refractivity contribution in [3.8, 4) is 5.75 Å². The molecule has 0 radical (unpaired) electrons. The Kier molecular flexibility index (Phi) is 9.58. The summed E-state index contributed by atoms with van der Waals surface area (Å²) in [5.41, 5.74) is 0.959. The molecule has 0 bridgehead atoms. The standard InChI is InChI=1S/C19H28O5/c1-4-7-12-24-17-10-8-15(9-11-17)13-16(19(21)23-6-3)14-18(20)22-5-2/h8-11,16H,4-7,12-14H2,1-3H3. The summed E-state index contributed by atoms with van der Waals surface area (Å²) in [6, 6.07) is 7.60. The number of hydrogen-bond acceptors (Lipinski definition) is 5. The molecule has 0 N–H and O–H groups in total. The molecule has 0 aliphatic heterocycles. The zero-order valence-corrected chi connectivity index (χ0v) is 14.9. The van der Waals surface area contributed by atoms with Crippen LogP contribution in [0, 0.1) is 5.92 Å². The molecule has 1 unspecified atom stereocenters. The molecule has 0 aliphatic rings. The maximum absolute atomic E-state index is 12.1. The fraction of sp³-hybridized carbons (Fsp3) is 0.579. The SMILES string of the molecule is CCCCOc1ccc(CC(CC(=O)OCC)C(=O)OCC)cc1. The Hall–Kier alpha value is -2.04. The lowest BCUT2D eigenvalue weighted by atomic mass is 9.96. The Morgan fingerprint density at radius 3 is 2.25 bits per heavy atom. The number of ether oxygens (including phenoxy) is 3. The molecule has 1 aromatic carbocycles. The summed E-state index contributed by atoms with van der Waals surface area (Å²) < 4.78 is 15.6. The Labute approximate surface area is 144 Å². The van der Waals surface area contributed by atoms with Gasteiger partial charge in [0.15, 0.2) is 0 Å². The van der Waals surface area contributed by atoms with Crippen LogP contribution in [0.3, 0.4) is 0 Å². The van der Waals surface area contributed by atoms with Crippen LogP contribution >= 0.6 is 0 Å². The van der Waals surface area contributed by atoms with Gasteiger partial charge in [0.2, 0.25) is 0 Å². The highest BCUT2D eigenvalue weighted by atomic mass is 16.5. The molecule has 1 aromatic rings. The molecule has 0 heterocycles. The van der Waals surface area contributed by atoms with E-state index in [-0.39, 0.29) is 18.4 Å². The molecular weight excluding hydrogens is 308 g/mol. The van der Waals surface area contributed by atoms with E-state index in [2.05, 4.69) is 6.92 Å². The molecule has 0 aromatic heterocycles. The van der Waals surface area contributed by atoms with Crippen molar-refractivity contribution in [1.29, 1.82) is 0 Å². The molecule has 134 valence electrons. The molecule has 0 spiro atoms. The van der Waals surface area contributed by atoms with E-state index in [1.54, 1.807) is 13.8 Å². The number of unbranched alkanes of at least 4 members (excludes halogenated alkanes) is 1. The van der Waals surface area contributed by atoms with Crippen LogP contribution in [0.4, 0.5) is 0 Å². The Morgan fingerprint density at radius 2 is 1.67 bits per heavy atom. The molecule has 24 heavy (non-hydrogen) atoms. The first kappa shape index (κ1) is 20.0. The first-order valence-electron chi connectivity index (χ1n) is 8.64. The summed E-state index contributed by atoms with van der Waals surface area (Å²) in [4.78, 5) is 23.8. The number of carbonyl (C=O) groups excluding carboxylic acids is 2. The maximum Gasteiger partial charge on any atom is 0.309 e. The molecule has 0 fully saturated rings. The zero-order chi connectivity index (χ0) is 17.8. The van der Waals surface area contributed by atoms with Crippen molar-refractivity contribution in [2.24, 2.45) is 5.92 Å². The number of hydrogen-bond donors (Lipinski definition) is 0. The quantitative estimate of drug-likeness (QED) is 0.457. The van der Waals surface area contributed by atoms with Gasteiger partial charge in [-0.05, 0) is 44.4 Å². The van der Waals surface area contributed by atoms with Crippen molar-refractivity contribution in [2.75, 3.05) is 19.8 Å². The van der Waals surface area contributed by atoms with Gasteiger partial charge < -0.3 is 14.2 Å². The van der Waals surface area contributed by atoms with Crippen molar-refractivity contribution in [3.63, 3.8) is 0 Å². The van der Waals surface area contributed by atoms with Crippen LogP contribution in [0.15, 0.2) is 24.3 Å². The molecule has 5 nitrogen and oxygen atoms in total. The zero-order valence-electron chi connectivity index (χ0n) is 14.9. The van der Waals surface area contributed by atoms with E-state index in [9.17, 15) is 9.59 Å². The van der Waals surface area contributed by atoms with Crippen LogP contribution in [0.5, 0.6) is 5.75 Å². The van der Waals surface area contributed by atoms with Crippen LogP contribution in [0.1, 0.15) is 45.6 Å². The lowest BCUT2D eigenvalue weighted by Gasteiger charge is -2.15. The average molecular weight is 336 g/mol. The van der Waals surface area contributed by atoms with Gasteiger partial charge >= 0.3 is 11.9 Å². The fourth-order valence-electron chi connectivity index (χ4n) is 2.26. The normalized spacial score (nSPS) is 11.6. The van der Waals surface area contributed by atoms with Gasteiger partial charge in [0.05, 0.1) is 32.2 Å². The predicted molar refractivity (Wildman–Crippen MR) is 91.9 cm³/mol. The van der Waals surface area contributed by atoms with Crippen molar-refractivity contribution in [2.45, 2.75) is 46.5 Å². The highest BCUT2D eigenvalue weighted by molar-refractivity contribution is 5.80. The van der Waals surface area contributed by atoms with Gasteiger partial charge in [-0.25, -0.2) is 0 Å². The first-order valence-corrected chi connectivity index (χ1v) is 8.64. The summed E-state index contributed by atoms with van der Waals surface area (Å²) >= 11 is 0. The minimum atomic E-state index is -0.532. The van der Waals surface area contributed by atoms with Crippen molar-refractivity contribution in [3.05, 3.63) is 29.8 Å².